The Bertz CT molecular complexity index is 939. The Kier molecular flexibility index (Phi) is 6.10. The van der Waals surface area contributed by atoms with Crippen molar-refractivity contribution in [3.63, 3.8) is 0 Å². The number of tetrazole rings is 1. The zero-order valence-electron chi connectivity index (χ0n) is 14.0. The predicted molar refractivity (Wildman–Crippen MR) is 86.6 cm³/mol. The van der Waals surface area contributed by atoms with Crippen LogP contribution in [0.4, 0.5) is 13.2 Å². The minimum Gasteiger partial charge on any atom is -0.477 e. The molecule has 0 saturated carbocycles. The second-order valence-electron chi connectivity index (χ2n) is 4.69. The van der Waals surface area contributed by atoms with Crippen LogP contribution in [0.25, 0.3) is 5.82 Å². The van der Waals surface area contributed by atoms with Crippen molar-refractivity contribution in [1.29, 1.82) is 0 Å². The lowest BCUT2D eigenvalue weighted by Crippen LogP contribution is -2.11. The van der Waals surface area contributed by atoms with Crippen molar-refractivity contribution in [2.75, 3.05) is 0 Å². The molecule has 0 aliphatic rings. The summed E-state index contributed by atoms with van der Waals surface area (Å²) >= 11 is 5.98. The number of aromatic nitrogens is 7. The minimum absolute atomic E-state index is 0.0651. The number of pyridine rings is 1. The maximum Gasteiger partial charge on any atom is 0.455 e. The number of aromatic carboxylic acids is 1. The van der Waals surface area contributed by atoms with Gasteiger partial charge in [0.25, 0.3) is 5.82 Å². The third-order valence-corrected chi connectivity index (χ3v) is 3.22. The quantitative estimate of drug-likeness (QED) is 0.712. The van der Waals surface area contributed by atoms with Crippen molar-refractivity contribution in [3.8, 4) is 5.82 Å². The van der Waals surface area contributed by atoms with Crippen LogP contribution in [0.2, 0.25) is 5.02 Å². The number of carboxylic acid groups (broad SMARTS) is 1. The van der Waals surface area contributed by atoms with Gasteiger partial charge in [-0.2, -0.15) is 23.1 Å². The number of carbonyl (C=O) groups is 1. The Hall–Kier alpha value is -3.02. The normalized spacial score (nSPS) is 11.0. The smallest absolute Gasteiger partial charge is 0.455 e. The summed E-state index contributed by atoms with van der Waals surface area (Å²) in [5.41, 5.74) is -0.183. The molecule has 144 valence electrons. The number of halogens is 4. The Labute approximate surface area is 155 Å². The second-order valence-corrected chi connectivity index (χ2v) is 5.10. The number of hydrogen-bond donors (Lipinski definition) is 1. The molecule has 3 heterocycles. The molecule has 0 bridgehead atoms. The van der Waals surface area contributed by atoms with Gasteiger partial charge in [0.05, 0.1) is 10.7 Å². The average Bonchev–Trinajstić information content (AvgIpc) is 3.24. The van der Waals surface area contributed by atoms with E-state index in [1.807, 2.05) is 13.8 Å². The van der Waals surface area contributed by atoms with Crippen LogP contribution in [0.5, 0.6) is 0 Å². The zero-order chi connectivity index (χ0) is 20.2. The van der Waals surface area contributed by atoms with Crippen molar-refractivity contribution in [3.05, 3.63) is 46.6 Å². The highest BCUT2D eigenvalue weighted by Gasteiger charge is 2.36. The van der Waals surface area contributed by atoms with Gasteiger partial charge in [-0.25, -0.2) is 14.5 Å². The Morgan fingerprint density at radius 1 is 1.30 bits per heavy atom. The largest absolute Gasteiger partial charge is 0.477 e. The lowest BCUT2D eigenvalue weighted by Gasteiger charge is -2.04. The Balaban J connectivity index is 0.00000126. The molecule has 9 nitrogen and oxygen atoms in total. The van der Waals surface area contributed by atoms with Crippen LogP contribution in [0, 0.1) is 0 Å². The summed E-state index contributed by atoms with van der Waals surface area (Å²) in [6.07, 6.45) is -3.34. The molecule has 3 aromatic rings. The average molecular weight is 404 g/mol. The standard InChI is InChI=1S/C12H7ClF3N7O2.C2H6/c13-7-2-1-3-17-9(7)23-8(10(24)25)4-6(19-23)5-22-20-11(18-21-22)12(14,15)16;1-2/h1-4H,5H2,(H,24,25);1-2H3. The van der Waals surface area contributed by atoms with Crippen molar-refractivity contribution in [2.24, 2.45) is 0 Å². The molecule has 13 heteroatoms. The molecule has 0 aliphatic carbocycles. The summed E-state index contributed by atoms with van der Waals surface area (Å²) in [6.45, 7) is 3.68. The van der Waals surface area contributed by atoms with Gasteiger partial charge in [0.2, 0.25) is 0 Å². The van der Waals surface area contributed by atoms with Crippen molar-refractivity contribution in [2.45, 2.75) is 26.6 Å². The summed E-state index contributed by atoms with van der Waals surface area (Å²) in [7, 11) is 0. The first-order valence-electron chi connectivity index (χ1n) is 7.54. The fourth-order valence-corrected chi connectivity index (χ4v) is 2.12. The second kappa shape index (κ2) is 8.12. The van der Waals surface area contributed by atoms with E-state index < -0.39 is 18.0 Å². The van der Waals surface area contributed by atoms with Gasteiger partial charge in [0.1, 0.15) is 6.54 Å². The molecule has 0 aromatic carbocycles. The molecule has 3 aromatic heterocycles. The molecule has 0 unspecified atom stereocenters. The lowest BCUT2D eigenvalue weighted by atomic mass is 10.3. The first-order chi connectivity index (χ1) is 12.8. The van der Waals surface area contributed by atoms with E-state index in [0.717, 1.165) is 10.7 Å². The molecule has 0 fully saturated rings. The molecule has 3 rings (SSSR count). The zero-order valence-corrected chi connectivity index (χ0v) is 14.8. The van der Waals surface area contributed by atoms with Gasteiger partial charge < -0.3 is 5.11 Å². The summed E-state index contributed by atoms with van der Waals surface area (Å²) in [6, 6.07) is 4.20. The summed E-state index contributed by atoms with van der Waals surface area (Å²) in [5.74, 6) is -2.66. The third kappa shape index (κ3) is 4.58. The van der Waals surface area contributed by atoms with Crippen LogP contribution >= 0.6 is 11.6 Å². The molecular weight excluding hydrogens is 391 g/mol. The fourth-order valence-electron chi connectivity index (χ4n) is 1.92. The highest BCUT2D eigenvalue weighted by Crippen LogP contribution is 2.25. The number of hydrogen-bond acceptors (Lipinski definition) is 6. The van der Waals surface area contributed by atoms with Crippen LogP contribution in [-0.4, -0.2) is 46.0 Å². The van der Waals surface area contributed by atoms with Crippen molar-refractivity contribution < 1.29 is 23.1 Å². The molecule has 27 heavy (non-hydrogen) atoms. The van der Waals surface area contributed by atoms with Crippen LogP contribution < -0.4 is 0 Å². The van der Waals surface area contributed by atoms with Crippen LogP contribution in [0.15, 0.2) is 24.4 Å². The monoisotopic (exact) mass is 403 g/mol. The summed E-state index contributed by atoms with van der Waals surface area (Å²) in [4.78, 5) is 16.0. The maximum atomic E-state index is 12.5. The highest BCUT2D eigenvalue weighted by molar-refractivity contribution is 6.32. The highest BCUT2D eigenvalue weighted by atomic mass is 35.5. The van der Waals surface area contributed by atoms with E-state index in [0.29, 0.717) is 4.80 Å². The van der Waals surface area contributed by atoms with Crippen LogP contribution in [0.1, 0.15) is 35.9 Å². The number of carboxylic acids is 1. The molecule has 1 N–H and O–H groups in total. The molecule has 0 spiro atoms. The number of alkyl halides is 3. The van der Waals surface area contributed by atoms with Crippen molar-refractivity contribution >= 4 is 17.6 Å². The van der Waals surface area contributed by atoms with Crippen LogP contribution in [-0.2, 0) is 12.7 Å². The maximum absolute atomic E-state index is 12.5. The Morgan fingerprint density at radius 3 is 2.56 bits per heavy atom. The third-order valence-electron chi connectivity index (χ3n) is 2.93. The van der Waals surface area contributed by atoms with E-state index in [2.05, 4.69) is 25.5 Å². The van der Waals surface area contributed by atoms with E-state index >= 15 is 0 Å². The molecule has 0 aliphatic heterocycles. The van der Waals surface area contributed by atoms with E-state index in [-0.39, 0.29) is 28.8 Å². The van der Waals surface area contributed by atoms with E-state index in [9.17, 15) is 23.1 Å². The molecule has 0 radical (unpaired) electrons. The molecule has 0 amide bonds. The lowest BCUT2D eigenvalue weighted by molar-refractivity contribution is -0.145. The van der Waals surface area contributed by atoms with Crippen molar-refractivity contribution in [1.82, 2.24) is 35.0 Å². The van der Waals surface area contributed by atoms with Gasteiger partial charge in [0, 0.05) is 6.20 Å². The van der Waals surface area contributed by atoms with Gasteiger partial charge in [-0.15, -0.1) is 10.2 Å². The first kappa shape index (κ1) is 20.3. The molecular formula is C14H13ClF3N7O2. The summed E-state index contributed by atoms with van der Waals surface area (Å²) in [5, 5.41) is 22.8. The topological polar surface area (TPSA) is 112 Å². The van der Waals surface area contributed by atoms with Gasteiger partial charge in [-0.05, 0) is 23.4 Å². The Morgan fingerprint density at radius 2 is 2.00 bits per heavy atom. The summed E-state index contributed by atoms with van der Waals surface area (Å²) < 4.78 is 38.4. The van der Waals surface area contributed by atoms with Gasteiger partial charge >= 0.3 is 12.1 Å². The van der Waals surface area contributed by atoms with E-state index in [1.165, 1.54) is 12.3 Å². The fraction of sp³-hybridized carbons (Fsp3) is 0.286. The number of rotatable bonds is 4. The predicted octanol–water partition coefficient (Wildman–Crippen LogP) is 2.70. The minimum atomic E-state index is -4.73. The molecule has 0 atom stereocenters. The van der Waals surface area contributed by atoms with E-state index in [1.54, 1.807) is 6.07 Å². The SMILES string of the molecule is CC.O=C(O)c1cc(Cn2nnc(C(F)(F)F)n2)nn1-c1ncccc1Cl. The van der Waals surface area contributed by atoms with Crippen LogP contribution in [0.3, 0.4) is 0 Å². The van der Waals surface area contributed by atoms with Gasteiger partial charge in [-0.3, -0.25) is 0 Å². The first-order valence-corrected chi connectivity index (χ1v) is 7.91. The van der Waals surface area contributed by atoms with E-state index in [4.69, 9.17) is 11.6 Å². The number of nitrogens with zero attached hydrogens (tertiary/aromatic N) is 7. The van der Waals surface area contributed by atoms with Gasteiger partial charge in [-0.1, -0.05) is 25.4 Å². The molecule has 0 saturated heterocycles. The van der Waals surface area contributed by atoms with Gasteiger partial charge in [0.15, 0.2) is 11.5 Å².